The summed E-state index contributed by atoms with van der Waals surface area (Å²) in [5.74, 6) is 0.916. The zero-order valence-electron chi connectivity index (χ0n) is 12.9. The van der Waals surface area contributed by atoms with Crippen LogP contribution in [0.2, 0.25) is 0 Å². The predicted molar refractivity (Wildman–Crippen MR) is 91.9 cm³/mol. The Morgan fingerprint density at radius 3 is 2.81 bits per heavy atom. The van der Waals surface area contributed by atoms with Crippen molar-refractivity contribution in [3.8, 4) is 5.75 Å². The fourth-order valence-corrected chi connectivity index (χ4v) is 2.47. The molecule has 0 aliphatic rings. The van der Waals surface area contributed by atoms with Gasteiger partial charge in [0.2, 0.25) is 0 Å². The van der Waals surface area contributed by atoms with E-state index in [4.69, 9.17) is 9.47 Å². The fraction of sp³-hybridized carbons (Fsp3) is 0.529. The lowest BCUT2D eigenvalue weighted by molar-refractivity contribution is 0.199. The molecule has 1 N–H and O–H groups in total. The van der Waals surface area contributed by atoms with E-state index < -0.39 is 0 Å². The molecule has 1 aromatic carbocycles. The number of benzene rings is 1. The molecule has 0 spiro atoms. The summed E-state index contributed by atoms with van der Waals surface area (Å²) in [6, 6.07) is 6.23. The highest BCUT2D eigenvalue weighted by molar-refractivity contribution is 9.10. The Bertz CT molecular complexity index is 410. The molecule has 0 unspecified atom stereocenters. The van der Waals surface area contributed by atoms with Crippen molar-refractivity contribution in [3.05, 3.63) is 40.9 Å². The molecule has 4 heteroatoms. The molecule has 0 atom stereocenters. The summed E-state index contributed by atoms with van der Waals surface area (Å²) in [4.78, 5) is 0. The summed E-state index contributed by atoms with van der Waals surface area (Å²) in [6.07, 6.45) is 6.52. The van der Waals surface area contributed by atoms with Crippen LogP contribution in [-0.2, 0) is 11.3 Å². The van der Waals surface area contributed by atoms with E-state index in [0.717, 1.165) is 49.4 Å². The van der Waals surface area contributed by atoms with Crippen LogP contribution in [-0.4, -0.2) is 26.9 Å². The Kier molecular flexibility index (Phi) is 10.2. The summed E-state index contributed by atoms with van der Waals surface area (Å²) in [5.41, 5.74) is 1.23. The lowest BCUT2D eigenvalue weighted by Gasteiger charge is -2.10. The molecule has 0 aliphatic heterocycles. The van der Waals surface area contributed by atoms with E-state index in [-0.39, 0.29) is 0 Å². The largest absolute Gasteiger partial charge is 0.492 e. The van der Waals surface area contributed by atoms with E-state index in [1.54, 1.807) is 7.11 Å². The van der Waals surface area contributed by atoms with Crippen LogP contribution in [0.25, 0.3) is 0 Å². The Morgan fingerprint density at radius 2 is 2.10 bits per heavy atom. The first-order valence-electron chi connectivity index (χ1n) is 7.49. The van der Waals surface area contributed by atoms with Gasteiger partial charge in [-0.2, -0.15) is 0 Å². The van der Waals surface area contributed by atoms with Gasteiger partial charge in [-0.3, -0.25) is 0 Å². The second-order valence-corrected chi connectivity index (χ2v) is 5.78. The molecule has 3 nitrogen and oxygen atoms in total. The molecule has 0 bridgehead atoms. The molecule has 1 rings (SSSR count). The topological polar surface area (TPSA) is 30.5 Å². The number of ether oxygens (including phenoxy) is 2. The molecular formula is C17H26BrNO2. The van der Waals surface area contributed by atoms with E-state index >= 15 is 0 Å². The summed E-state index contributed by atoms with van der Waals surface area (Å²) < 4.78 is 11.8. The van der Waals surface area contributed by atoms with Crippen molar-refractivity contribution in [2.24, 2.45) is 0 Å². The van der Waals surface area contributed by atoms with Gasteiger partial charge < -0.3 is 14.8 Å². The number of methoxy groups -OCH3 is 1. The lowest BCUT2D eigenvalue weighted by atomic mass is 10.2. The minimum atomic E-state index is 0.730. The molecule has 0 amide bonds. The number of rotatable bonds is 12. The Hall–Kier alpha value is -0.840. The minimum Gasteiger partial charge on any atom is -0.492 e. The molecule has 1 aromatic rings. The number of unbranched alkanes of at least 4 members (excludes halogenated alkanes) is 3. The van der Waals surface area contributed by atoms with E-state index in [9.17, 15) is 0 Å². The van der Waals surface area contributed by atoms with E-state index in [0.29, 0.717) is 0 Å². The van der Waals surface area contributed by atoms with Crippen molar-refractivity contribution in [1.82, 2.24) is 5.32 Å². The van der Waals surface area contributed by atoms with Crippen LogP contribution in [0.15, 0.2) is 35.3 Å². The van der Waals surface area contributed by atoms with Crippen LogP contribution >= 0.6 is 15.9 Å². The lowest BCUT2D eigenvalue weighted by Crippen LogP contribution is -2.18. The first kappa shape index (κ1) is 18.2. The van der Waals surface area contributed by atoms with Gasteiger partial charge in [-0.1, -0.05) is 12.1 Å². The third-order valence-electron chi connectivity index (χ3n) is 3.12. The third-order valence-corrected chi connectivity index (χ3v) is 3.74. The maximum Gasteiger partial charge on any atom is 0.133 e. The standard InChI is InChI=1S/C17H26BrNO2/c1-3-4-5-6-7-11-21-17-9-8-15(13-16(17)18)14-19-10-12-20-2/h3,8-9,13,19H,1,4-7,10-12,14H2,2H3. The fourth-order valence-electron chi connectivity index (χ4n) is 1.93. The molecule has 21 heavy (non-hydrogen) atoms. The first-order valence-corrected chi connectivity index (χ1v) is 8.29. The maximum absolute atomic E-state index is 5.80. The number of nitrogens with one attached hydrogen (secondary N) is 1. The molecule has 0 saturated carbocycles. The summed E-state index contributed by atoms with van der Waals surface area (Å²) >= 11 is 3.57. The van der Waals surface area contributed by atoms with E-state index in [1.165, 1.54) is 18.4 Å². The molecule has 0 fully saturated rings. The van der Waals surface area contributed by atoms with Crippen LogP contribution in [0.1, 0.15) is 31.2 Å². The molecule has 118 valence electrons. The zero-order chi connectivity index (χ0) is 15.3. The Labute approximate surface area is 136 Å². The Balaban J connectivity index is 2.27. The van der Waals surface area contributed by atoms with E-state index in [1.807, 2.05) is 12.1 Å². The van der Waals surface area contributed by atoms with Crippen LogP contribution in [0, 0.1) is 0 Å². The minimum absolute atomic E-state index is 0.730. The third kappa shape index (κ3) is 8.24. The van der Waals surface area contributed by atoms with E-state index in [2.05, 4.69) is 40.0 Å². The van der Waals surface area contributed by atoms with Gasteiger partial charge in [0.25, 0.3) is 0 Å². The van der Waals surface area contributed by atoms with Gasteiger partial charge in [0.05, 0.1) is 17.7 Å². The van der Waals surface area contributed by atoms with Crippen molar-refractivity contribution in [2.75, 3.05) is 26.9 Å². The van der Waals surface area contributed by atoms with Crippen LogP contribution in [0.3, 0.4) is 0 Å². The van der Waals surface area contributed by atoms with Gasteiger partial charge in [-0.25, -0.2) is 0 Å². The first-order chi connectivity index (χ1) is 10.3. The van der Waals surface area contributed by atoms with Crippen molar-refractivity contribution < 1.29 is 9.47 Å². The highest BCUT2D eigenvalue weighted by atomic mass is 79.9. The van der Waals surface area contributed by atoms with Gasteiger partial charge in [0.15, 0.2) is 0 Å². The van der Waals surface area contributed by atoms with Crippen LogP contribution < -0.4 is 10.1 Å². The highest BCUT2D eigenvalue weighted by Crippen LogP contribution is 2.26. The smallest absolute Gasteiger partial charge is 0.133 e. The number of hydrogen-bond acceptors (Lipinski definition) is 3. The SMILES string of the molecule is C=CCCCCCOc1ccc(CNCCOC)cc1Br. The predicted octanol–water partition coefficient (Wildman–Crippen LogP) is 4.31. The molecule has 0 heterocycles. The molecular weight excluding hydrogens is 330 g/mol. The van der Waals surface area contributed by atoms with Crippen LogP contribution in [0.5, 0.6) is 5.75 Å². The van der Waals surface area contributed by atoms with Crippen LogP contribution in [0.4, 0.5) is 0 Å². The summed E-state index contributed by atoms with van der Waals surface area (Å²) in [5, 5.41) is 3.33. The molecule has 0 aromatic heterocycles. The van der Waals surface area contributed by atoms with Gasteiger partial charge in [-0.05, 0) is 59.3 Å². The van der Waals surface area contributed by atoms with Crippen molar-refractivity contribution in [3.63, 3.8) is 0 Å². The van der Waals surface area contributed by atoms with Gasteiger partial charge in [0.1, 0.15) is 5.75 Å². The number of hydrogen-bond donors (Lipinski definition) is 1. The summed E-state index contributed by atoms with van der Waals surface area (Å²) in [7, 11) is 1.71. The average molecular weight is 356 g/mol. The quantitative estimate of drug-likeness (QED) is 0.447. The highest BCUT2D eigenvalue weighted by Gasteiger charge is 2.02. The van der Waals surface area contributed by atoms with Crippen molar-refractivity contribution >= 4 is 15.9 Å². The second-order valence-electron chi connectivity index (χ2n) is 4.92. The van der Waals surface area contributed by atoms with Gasteiger partial charge >= 0.3 is 0 Å². The van der Waals surface area contributed by atoms with Crippen molar-refractivity contribution in [1.29, 1.82) is 0 Å². The molecule has 0 saturated heterocycles. The Morgan fingerprint density at radius 1 is 1.24 bits per heavy atom. The zero-order valence-corrected chi connectivity index (χ0v) is 14.5. The number of allylic oxidation sites excluding steroid dienone is 1. The normalized spacial score (nSPS) is 10.6. The van der Waals surface area contributed by atoms with Gasteiger partial charge in [0, 0.05) is 20.2 Å². The molecule has 0 aliphatic carbocycles. The average Bonchev–Trinajstić information content (AvgIpc) is 2.49. The monoisotopic (exact) mass is 355 g/mol. The van der Waals surface area contributed by atoms with Crippen molar-refractivity contribution in [2.45, 2.75) is 32.2 Å². The maximum atomic E-state index is 5.80. The number of halogens is 1. The second kappa shape index (κ2) is 11.8. The van der Waals surface area contributed by atoms with Gasteiger partial charge in [-0.15, -0.1) is 6.58 Å². The summed E-state index contributed by atoms with van der Waals surface area (Å²) in [6.45, 7) is 6.92. The molecule has 0 radical (unpaired) electrons.